The van der Waals surface area contributed by atoms with E-state index >= 15 is 0 Å². The molecule has 0 amide bonds. The van der Waals surface area contributed by atoms with Crippen molar-refractivity contribution < 1.29 is 32.7 Å². The zero-order valence-electron chi connectivity index (χ0n) is 15.7. The maximum absolute atomic E-state index is 10.8. The lowest BCUT2D eigenvalue weighted by Crippen LogP contribution is -2.31. The number of hydrogen-bond acceptors (Lipinski definition) is 5. The Hall–Kier alpha value is -2.39. The number of benzene rings is 1. The highest BCUT2D eigenvalue weighted by atomic mass is 19.4. The molecule has 0 spiro atoms. The summed E-state index contributed by atoms with van der Waals surface area (Å²) in [5.41, 5.74) is 2.49. The minimum atomic E-state index is -5.08. The number of β-amino-alcohol motifs (C(OH)–C–C–N with tert-alkyl or cyclic N) is 1. The van der Waals surface area contributed by atoms with Crippen LogP contribution in [0.15, 0.2) is 34.9 Å². The SMILES string of the molecule is Cc1noc(C)c1CCN1CCC(O)(c2ccccc2)C1.O=C(O)C(F)(F)F. The second kappa shape index (κ2) is 8.74. The minimum absolute atomic E-state index is 0.695. The molecule has 1 fully saturated rings. The Morgan fingerprint density at radius 3 is 2.39 bits per heavy atom. The lowest BCUT2D eigenvalue weighted by atomic mass is 9.93. The second-order valence-electron chi connectivity index (χ2n) is 6.78. The number of rotatable bonds is 4. The van der Waals surface area contributed by atoms with E-state index in [0.29, 0.717) is 6.54 Å². The fourth-order valence-electron chi connectivity index (χ4n) is 3.17. The molecule has 6 nitrogen and oxygen atoms in total. The van der Waals surface area contributed by atoms with Crippen LogP contribution < -0.4 is 0 Å². The Morgan fingerprint density at radius 2 is 1.89 bits per heavy atom. The molecule has 28 heavy (non-hydrogen) atoms. The summed E-state index contributed by atoms with van der Waals surface area (Å²) in [5, 5.41) is 21.9. The van der Waals surface area contributed by atoms with E-state index in [0.717, 1.165) is 42.9 Å². The molecule has 0 bridgehead atoms. The second-order valence-corrected chi connectivity index (χ2v) is 6.78. The zero-order chi connectivity index (χ0) is 20.9. The fraction of sp³-hybridized carbons (Fsp3) is 0.474. The van der Waals surface area contributed by atoms with Crippen molar-refractivity contribution in [1.29, 1.82) is 0 Å². The topological polar surface area (TPSA) is 86.8 Å². The molecule has 9 heteroatoms. The van der Waals surface area contributed by atoms with E-state index in [1.807, 2.05) is 44.2 Å². The molecular formula is C19H23F3N2O4. The first-order chi connectivity index (χ1) is 13.0. The van der Waals surface area contributed by atoms with E-state index < -0.39 is 17.7 Å². The van der Waals surface area contributed by atoms with Crippen LogP contribution in [0.5, 0.6) is 0 Å². The average molecular weight is 400 g/mol. The maximum Gasteiger partial charge on any atom is 0.490 e. The number of aliphatic hydroxyl groups is 1. The molecule has 1 atom stereocenters. The van der Waals surface area contributed by atoms with Crippen LogP contribution in [0.4, 0.5) is 13.2 Å². The monoisotopic (exact) mass is 400 g/mol. The molecule has 1 aliphatic heterocycles. The highest BCUT2D eigenvalue weighted by Crippen LogP contribution is 2.31. The van der Waals surface area contributed by atoms with Crippen LogP contribution in [0.25, 0.3) is 0 Å². The number of nitrogens with zero attached hydrogens (tertiary/aromatic N) is 2. The molecule has 1 aromatic carbocycles. The summed E-state index contributed by atoms with van der Waals surface area (Å²) < 4.78 is 36.9. The number of carboxylic acid groups (broad SMARTS) is 1. The third kappa shape index (κ3) is 5.56. The van der Waals surface area contributed by atoms with Gasteiger partial charge >= 0.3 is 12.1 Å². The number of alkyl halides is 3. The van der Waals surface area contributed by atoms with Gasteiger partial charge in [-0.15, -0.1) is 0 Å². The first kappa shape index (κ1) is 21.9. The van der Waals surface area contributed by atoms with Gasteiger partial charge in [-0.3, -0.25) is 4.90 Å². The number of carboxylic acids is 1. The molecule has 2 N–H and O–H groups in total. The van der Waals surface area contributed by atoms with Crippen LogP contribution >= 0.6 is 0 Å². The van der Waals surface area contributed by atoms with E-state index in [4.69, 9.17) is 14.4 Å². The van der Waals surface area contributed by atoms with Crippen molar-refractivity contribution in [1.82, 2.24) is 10.1 Å². The van der Waals surface area contributed by atoms with Gasteiger partial charge in [-0.25, -0.2) is 4.79 Å². The first-order valence-electron chi connectivity index (χ1n) is 8.75. The first-order valence-corrected chi connectivity index (χ1v) is 8.75. The molecule has 3 rings (SSSR count). The van der Waals surface area contributed by atoms with Gasteiger partial charge in [-0.05, 0) is 32.3 Å². The number of halogens is 3. The summed E-state index contributed by atoms with van der Waals surface area (Å²) in [6.07, 6.45) is -3.37. The zero-order valence-corrected chi connectivity index (χ0v) is 15.7. The van der Waals surface area contributed by atoms with Crippen molar-refractivity contribution in [3.63, 3.8) is 0 Å². The Labute approximate surface area is 160 Å². The van der Waals surface area contributed by atoms with Crippen LogP contribution in [-0.2, 0) is 16.8 Å². The van der Waals surface area contributed by atoms with Gasteiger partial charge < -0.3 is 14.7 Å². The smallest absolute Gasteiger partial charge is 0.475 e. The Balaban J connectivity index is 0.000000345. The normalized spacial score (nSPS) is 19.9. The Morgan fingerprint density at radius 1 is 1.29 bits per heavy atom. The van der Waals surface area contributed by atoms with Crippen LogP contribution in [0, 0.1) is 13.8 Å². The molecule has 2 heterocycles. The molecule has 0 aliphatic carbocycles. The number of aromatic nitrogens is 1. The van der Waals surface area contributed by atoms with Crippen molar-refractivity contribution >= 4 is 5.97 Å². The number of hydrogen-bond donors (Lipinski definition) is 2. The number of likely N-dealkylation sites (tertiary alicyclic amines) is 1. The highest BCUT2D eigenvalue weighted by molar-refractivity contribution is 5.73. The summed E-state index contributed by atoms with van der Waals surface area (Å²) in [6.45, 7) is 6.49. The number of carbonyl (C=O) groups is 1. The fourth-order valence-corrected chi connectivity index (χ4v) is 3.17. The lowest BCUT2D eigenvalue weighted by Gasteiger charge is -2.24. The Kier molecular flexibility index (Phi) is 6.84. The van der Waals surface area contributed by atoms with Crippen molar-refractivity contribution in [3.05, 3.63) is 52.9 Å². The van der Waals surface area contributed by atoms with Gasteiger partial charge in [0, 0.05) is 25.2 Å². The summed E-state index contributed by atoms with van der Waals surface area (Å²) in [5.74, 6) is -1.85. The van der Waals surface area contributed by atoms with E-state index in [-0.39, 0.29) is 0 Å². The van der Waals surface area contributed by atoms with Gasteiger partial charge in [-0.2, -0.15) is 13.2 Å². The van der Waals surface area contributed by atoms with Crippen LogP contribution in [0.3, 0.4) is 0 Å². The van der Waals surface area contributed by atoms with Gasteiger partial charge in [0.05, 0.1) is 5.69 Å². The third-order valence-corrected chi connectivity index (χ3v) is 4.74. The summed E-state index contributed by atoms with van der Waals surface area (Å²) >= 11 is 0. The largest absolute Gasteiger partial charge is 0.490 e. The van der Waals surface area contributed by atoms with Gasteiger partial charge in [0.2, 0.25) is 0 Å². The lowest BCUT2D eigenvalue weighted by molar-refractivity contribution is -0.192. The summed E-state index contributed by atoms with van der Waals surface area (Å²) in [7, 11) is 0. The van der Waals surface area contributed by atoms with Crippen molar-refractivity contribution in [2.75, 3.05) is 19.6 Å². The molecule has 0 saturated carbocycles. The molecule has 1 aromatic heterocycles. The molecule has 154 valence electrons. The Bertz CT molecular complexity index is 773. The predicted octanol–water partition coefficient (Wildman–Crippen LogP) is 3.06. The predicted molar refractivity (Wildman–Crippen MR) is 94.8 cm³/mol. The number of aryl methyl sites for hydroxylation is 2. The van der Waals surface area contributed by atoms with E-state index in [2.05, 4.69) is 10.1 Å². The van der Waals surface area contributed by atoms with Crippen molar-refractivity contribution in [2.24, 2.45) is 0 Å². The van der Waals surface area contributed by atoms with Gasteiger partial charge in [0.15, 0.2) is 0 Å². The average Bonchev–Trinajstić information content (AvgIpc) is 3.17. The van der Waals surface area contributed by atoms with Crippen molar-refractivity contribution in [2.45, 2.75) is 38.5 Å². The number of aliphatic carboxylic acids is 1. The van der Waals surface area contributed by atoms with Gasteiger partial charge in [0.1, 0.15) is 11.4 Å². The molecule has 1 unspecified atom stereocenters. The van der Waals surface area contributed by atoms with Crippen LogP contribution in [-0.4, -0.2) is 52.0 Å². The van der Waals surface area contributed by atoms with Crippen molar-refractivity contribution in [3.8, 4) is 0 Å². The quantitative estimate of drug-likeness (QED) is 0.820. The summed E-state index contributed by atoms with van der Waals surface area (Å²) in [6, 6.07) is 9.98. The maximum atomic E-state index is 10.8. The standard InChI is InChI=1S/C17H22N2O2.C2HF3O2/c1-13-16(14(2)21-18-13)8-10-19-11-9-17(20,12-19)15-6-4-3-5-7-15;3-2(4,5)1(6)7/h3-7,20H,8-12H2,1-2H3;(H,6,7). The highest BCUT2D eigenvalue weighted by Gasteiger charge is 2.38. The molecule has 1 aliphatic rings. The summed E-state index contributed by atoms with van der Waals surface area (Å²) in [4.78, 5) is 11.2. The van der Waals surface area contributed by atoms with Crippen LogP contribution in [0.2, 0.25) is 0 Å². The molecule has 2 aromatic rings. The third-order valence-electron chi connectivity index (χ3n) is 4.74. The van der Waals surface area contributed by atoms with Crippen LogP contribution in [0.1, 0.15) is 29.0 Å². The minimum Gasteiger partial charge on any atom is -0.475 e. The van der Waals surface area contributed by atoms with Gasteiger partial charge in [-0.1, -0.05) is 35.5 Å². The van der Waals surface area contributed by atoms with Gasteiger partial charge in [0.25, 0.3) is 0 Å². The molecular weight excluding hydrogens is 377 g/mol. The van der Waals surface area contributed by atoms with E-state index in [1.54, 1.807) is 0 Å². The van der Waals surface area contributed by atoms with E-state index in [9.17, 15) is 18.3 Å². The molecule has 1 saturated heterocycles. The molecule has 0 radical (unpaired) electrons. The van der Waals surface area contributed by atoms with E-state index in [1.165, 1.54) is 5.56 Å².